The number of unbranched alkanes of at least 4 members (excludes halogenated alkanes) is 1. The molecule has 8 heteroatoms. The van der Waals surface area contributed by atoms with Gasteiger partial charge in [-0.25, -0.2) is 4.99 Å². The van der Waals surface area contributed by atoms with Crippen molar-refractivity contribution in [3.8, 4) is 5.75 Å². The van der Waals surface area contributed by atoms with Crippen molar-refractivity contribution >= 4 is 29.9 Å². The summed E-state index contributed by atoms with van der Waals surface area (Å²) >= 11 is 0. The first-order valence-electron chi connectivity index (χ1n) is 8.67. The quantitative estimate of drug-likeness (QED) is 0.228. The highest BCUT2D eigenvalue weighted by molar-refractivity contribution is 14.0. The molecule has 0 heterocycles. The molecular formula is C18H29F3IN3O. The Labute approximate surface area is 171 Å². The monoisotopic (exact) mass is 487 g/mol. The minimum atomic E-state index is -4.08. The van der Waals surface area contributed by atoms with Crippen LogP contribution in [0.4, 0.5) is 13.2 Å². The Bertz CT molecular complexity index is 551. The topological polar surface area (TPSA) is 45.7 Å². The molecule has 0 radical (unpaired) electrons. The summed E-state index contributed by atoms with van der Waals surface area (Å²) in [5.41, 5.74) is 2.09. The van der Waals surface area contributed by atoms with E-state index in [0.717, 1.165) is 16.9 Å². The van der Waals surface area contributed by atoms with Crippen molar-refractivity contribution in [3.05, 3.63) is 29.3 Å². The molecule has 0 aliphatic rings. The van der Waals surface area contributed by atoms with Gasteiger partial charge in [-0.15, -0.1) is 24.0 Å². The number of benzene rings is 1. The van der Waals surface area contributed by atoms with Crippen LogP contribution in [-0.4, -0.2) is 31.8 Å². The van der Waals surface area contributed by atoms with E-state index < -0.39 is 12.6 Å². The van der Waals surface area contributed by atoms with E-state index in [2.05, 4.69) is 15.6 Å². The van der Waals surface area contributed by atoms with Crippen molar-refractivity contribution in [2.75, 3.05) is 19.7 Å². The van der Waals surface area contributed by atoms with Gasteiger partial charge >= 0.3 is 6.18 Å². The fourth-order valence-corrected chi connectivity index (χ4v) is 2.25. The van der Waals surface area contributed by atoms with Gasteiger partial charge in [0.2, 0.25) is 0 Å². The molecule has 4 nitrogen and oxygen atoms in total. The predicted octanol–water partition coefficient (Wildman–Crippen LogP) is 4.80. The number of nitrogens with zero attached hydrogens (tertiary/aromatic N) is 1. The molecule has 0 atom stereocenters. The van der Waals surface area contributed by atoms with Crippen LogP contribution in [0.3, 0.4) is 0 Å². The van der Waals surface area contributed by atoms with Crippen LogP contribution in [0.5, 0.6) is 5.75 Å². The maximum Gasteiger partial charge on any atom is 0.389 e. The van der Waals surface area contributed by atoms with Crippen molar-refractivity contribution in [2.45, 2.75) is 52.8 Å². The Hall–Kier alpha value is -1.19. The zero-order valence-electron chi connectivity index (χ0n) is 15.6. The third-order valence-electron chi connectivity index (χ3n) is 3.45. The fraction of sp³-hybridized carbons (Fsp3) is 0.611. The average molecular weight is 487 g/mol. The lowest BCUT2D eigenvalue weighted by atomic mass is 10.1. The zero-order chi connectivity index (χ0) is 18.7. The standard InChI is InChI=1S/C18H28F3N3O.HI/c1-4-22-17(23-11-7-6-10-18(19,20)21)24-13-15-9-8-14(3)12-16(15)25-5-2;/h8-9,12H,4-7,10-11,13H2,1-3H3,(H2,22,23,24);1H. The number of alkyl halides is 3. The Morgan fingerprint density at radius 3 is 2.50 bits per heavy atom. The second-order valence-electron chi connectivity index (χ2n) is 5.74. The molecule has 0 spiro atoms. The van der Waals surface area contributed by atoms with Crippen molar-refractivity contribution in [1.82, 2.24) is 10.6 Å². The number of halogens is 4. The van der Waals surface area contributed by atoms with E-state index in [1.807, 2.05) is 39.0 Å². The number of rotatable bonds is 9. The number of hydrogen-bond acceptors (Lipinski definition) is 2. The minimum absolute atomic E-state index is 0. The molecule has 0 amide bonds. The van der Waals surface area contributed by atoms with E-state index in [-0.39, 0.29) is 30.4 Å². The van der Waals surface area contributed by atoms with Gasteiger partial charge in [-0.3, -0.25) is 0 Å². The first kappa shape index (κ1) is 24.8. The number of aliphatic imine (C=N–C) groups is 1. The lowest BCUT2D eigenvalue weighted by molar-refractivity contribution is -0.135. The van der Waals surface area contributed by atoms with Crippen LogP contribution in [-0.2, 0) is 6.54 Å². The van der Waals surface area contributed by atoms with Crippen LogP contribution in [0.2, 0.25) is 0 Å². The summed E-state index contributed by atoms with van der Waals surface area (Å²) in [4.78, 5) is 4.49. The summed E-state index contributed by atoms with van der Waals surface area (Å²) in [6.45, 7) is 8.03. The van der Waals surface area contributed by atoms with Gasteiger partial charge in [0.05, 0.1) is 13.2 Å². The third-order valence-corrected chi connectivity index (χ3v) is 3.45. The lowest BCUT2D eigenvalue weighted by Gasteiger charge is -2.13. The van der Waals surface area contributed by atoms with Gasteiger partial charge in [-0.05, 0) is 45.2 Å². The van der Waals surface area contributed by atoms with Crippen molar-refractivity contribution in [1.29, 1.82) is 0 Å². The van der Waals surface area contributed by atoms with E-state index in [9.17, 15) is 13.2 Å². The Balaban J connectivity index is 0.00000625. The maximum absolute atomic E-state index is 12.1. The van der Waals surface area contributed by atoms with Gasteiger partial charge < -0.3 is 15.4 Å². The predicted molar refractivity (Wildman–Crippen MR) is 110 cm³/mol. The number of hydrogen-bond donors (Lipinski definition) is 2. The third kappa shape index (κ3) is 10.7. The fourth-order valence-electron chi connectivity index (χ4n) is 2.25. The molecule has 1 rings (SSSR count). The van der Waals surface area contributed by atoms with Crippen LogP contribution >= 0.6 is 24.0 Å². The molecule has 0 aliphatic heterocycles. The van der Waals surface area contributed by atoms with Crippen LogP contribution < -0.4 is 15.4 Å². The van der Waals surface area contributed by atoms with Crippen LogP contribution in [0, 0.1) is 6.92 Å². The zero-order valence-corrected chi connectivity index (χ0v) is 17.9. The SMILES string of the molecule is CCNC(=NCc1ccc(C)cc1OCC)NCCCCC(F)(F)F.I. The summed E-state index contributed by atoms with van der Waals surface area (Å²) in [6.07, 6.45) is -4.27. The number of guanidine groups is 1. The summed E-state index contributed by atoms with van der Waals surface area (Å²) in [5.74, 6) is 1.41. The molecule has 0 unspecified atom stereocenters. The van der Waals surface area contributed by atoms with Crippen LogP contribution in [0.15, 0.2) is 23.2 Å². The number of ether oxygens (including phenoxy) is 1. The first-order valence-corrected chi connectivity index (χ1v) is 8.67. The van der Waals surface area contributed by atoms with Gasteiger partial charge in [-0.2, -0.15) is 13.2 Å². The Morgan fingerprint density at radius 2 is 1.88 bits per heavy atom. The van der Waals surface area contributed by atoms with Gasteiger partial charge in [0, 0.05) is 25.1 Å². The maximum atomic E-state index is 12.1. The molecule has 0 saturated heterocycles. The van der Waals surface area contributed by atoms with Gasteiger partial charge in [0.25, 0.3) is 0 Å². The second kappa shape index (κ2) is 13.1. The Kier molecular flexibility index (Phi) is 12.5. The second-order valence-corrected chi connectivity index (χ2v) is 5.74. The summed E-state index contributed by atoms with van der Waals surface area (Å²) in [6, 6.07) is 5.97. The molecule has 26 heavy (non-hydrogen) atoms. The number of nitrogens with one attached hydrogen (secondary N) is 2. The highest BCUT2D eigenvalue weighted by Crippen LogP contribution is 2.22. The smallest absolute Gasteiger partial charge is 0.389 e. The first-order chi connectivity index (χ1) is 11.9. The summed E-state index contributed by atoms with van der Waals surface area (Å²) in [5, 5.41) is 6.17. The lowest BCUT2D eigenvalue weighted by Crippen LogP contribution is -2.37. The largest absolute Gasteiger partial charge is 0.494 e. The minimum Gasteiger partial charge on any atom is -0.494 e. The van der Waals surface area contributed by atoms with Crippen molar-refractivity contribution < 1.29 is 17.9 Å². The molecule has 0 aliphatic carbocycles. The highest BCUT2D eigenvalue weighted by atomic mass is 127. The van der Waals surface area contributed by atoms with Crippen molar-refractivity contribution in [3.63, 3.8) is 0 Å². The molecule has 0 aromatic heterocycles. The van der Waals surface area contributed by atoms with Gasteiger partial charge in [0.15, 0.2) is 5.96 Å². The number of aryl methyl sites for hydroxylation is 1. The molecule has 1 aromatic rings. The van der Waals surface area contributed by atoms with Crippen LogP contribution in [0.1, 0.15) is 44.2 Å². The van der Waals surface area contributed by atoms with Gasteiger partial charge in [0.1, 0.15) is 5.75 Å². The molecule has 0 saturated carbocycles. The molecule has 2 N–H and O–H groups in total. The van der Waals surface area contributed by atoms with E-state index >= 15 is 0 Å². The van der Waals surface area contributed by atoms with Crippen molar-refractivity contribution in [2.24, 2.45) is 4.99 Å². The summed E-state index contributed by atoms with van der Waals surface area (Å²) in [7, 11) is 0. The average Bonchev–Trinajstić information content (AvgIpc) is 2.52. The Morgan fingerprint density at radius 1 is 1.15 bits per heavy atom. The summed E-state index contributed by atoms with van der Waals surface area (Å²) < 4.78 is 42.0. The molecule has 0 fully saturated rings. The van der Waals surface area contributed by atoms with E-state index in [1.165, 1.54) is 0 Å². The molecule has 1 aromatic carbocycles. The highest BCUT2D eigenvalue weighted by Gasteiger charge is 2.25. The van der Waals surface area contributed by atoms with E-state index in [0.29, 0.717) is 38.6 Å². The molecular weight excluding hydrogens is 458 g/mol. The van der Waals surface area contributed by atoms with Crippen LogP contribution in [0.25, 0.3) is 0 Å². The molecule has 0 bridgehead atoms. The molecule has 150 valence electrons. The normalized spacial score (nSPS) is 11.7. The van der Waals surface area contributed by atoms with Gasteiger partial charge in [-0.1, -0.05) is 12.1 Å². The van der Waals surface area contributed by atoms with E-state index in [4.69, 9.17) is 4.74 Å². The van der Waals surface area contributed by atoms with E-state index in [1.54, 1.807) is 0 Å².